The molecule has 2 amide bonds. The lowest BCUT2D eigenvalue weighted by molar-refractivity contribution is -0.142. The maximum Gasteiger partial charge on any atom is 0.230 e. The summed E-state index contributed by atoms with van der Waals surface area (Å²) in [6.45, 7) is 6.64. The number of rotatable bonds is 6. The van der Waals surface area contributed by atoms with Crippen molar-refractivity contribution >= 4 is 24.2 Å². The second-order valence-corrected chi connectivity index (χ2v) is 7.02. The average molecular weight is 400 g/mol. The second-order valence-electron chi connectivity index (χ2n) is 7.02. The number of nitrogens with two attached hydrogens (primary N) is 1. The van der Waals surface area contributed by atoms with Crippen LogP contribution in [-0.2, 0) is 16.0 Å². The predicted molar refractivity (Wildman–Crippen MR) is 107 cm³/mol. The van der Waals surface area contributed by atoms with E-state index in [0.717, 1.165) is 19.3 Å². The summed E-state index contributed by atoms with van der Waals surface area (Å²) in [4.78, 5) is 29.2. The minimum absolute atomic E-state index is 0. The van der Waals surface area contributed by atoms with Crippen molar-refractivity contribution in [1.82, 2.24) is 9.80 Å². The first kappa shape index (κ1) is 23.4. The molecule has 1 aliphatic heterocycles. The molecule has 1 heterocycles. The van der Waals surface area contributed by atoms with Crippen LogP contribution in [0.2, 0.25) is 0 Å². The molecule has 0 spiro atoms. The summed E-state index contributed by atoms with van der Waals surface area (Å²) in [6.07, 6.45) is 2.37. The Balaban J connectivity index is 0.00000364. The Morgan fingerprint density at radius 3 is 2.33 bits per heavy atom. The van der Waals surface area contributed by atoms with Crippen molar-refractivity contribution in [2.24, 2.45) is 11.1 Å². The number of carbonyl (C=O) groups is 2. The van der Waals surface area contributed by atoms with Crippen molar-refractivity contribution in [1.29, 1.82) is 0 Å². The Hall–Kier alpha value is -1.66. The molecule has 0 atom stereocenters. The summed E-state index contributed by atoms with van der Waals surface area (Å²) < 4.78 is 13.3. The average Bonchev–Trinajstić information content (AvgIpc) is 2.90. The molecule has 0 bridgehead atoms. The van der Waals surface area contributed by atoms with Crippen molar-refractivity contribution in [2.75, 3.05) is 32.7 Å². The van der Waals surface area contributed by atoms with Crippen molar-refractivity contribution < 1.29 is 14.0 Å². The fourth-order valence-corrected chi connectivity index (χ4v) is 3.57. The number of amides is 2. The van der Waals surface area contributed by atoms with E-state index in [1.807, 2.05) is 18.7 Å². The van der Waals surface area contributed by atoms with Crippen LogP contribution in [-0.4, -0.2) is 54.3 Å². The first-order chi connectivity index (χ1) is 12.5. The third-order valence-corrected chi connectivity index (χ3v) is 5.58. The van der Waals surface area contributed by atoms with Gasteiger partial charge in [-0.25, -0.2) is 4.39 Å². The highest BCUT2D eigenvalue weighted by Crippen LogP contribution is 2.28. The normalized spacial score (nSPS) is 15.1. The molecule has 2 N–H and O–H groups in total. The monoisotopic (exact) mass is 399 g/mol. The largest absolute Gasteiger partial charge is 0.341 e. The lowest BCUT2D eigenvalue weighted by atomic mass is 9.81. The van der Waals surface area contributed by atoms with E-state index in [9.17, 15) is 14.0 Å². The molecule has 1 fully saturated rings. The van der Waals surface area contributed by atoms with E-state index in [4.69, 9.17) is 5.73 Å². The minimum atomic E-state index is -0.499. The van der Waals surface area contributed by atoms with Crippen LogP contribution in [0.4, 0.5) is 4.39 Å². The van der Waals surface area contributed by atoms with E-state index >= 15 is 0 Å². The standard InChI is InChI=1S/C20H30FN3O2.ClH/c1-3-20(4-2,15-22)19(26)24-10-6-9-23(11-12-24)18(25)14-16-7-5-8-17(21)13-16;/h5,7-8,13H,3-4,6,9-12,14-15,22H2,1-2H3;1H. The van der Waals surface area contributed by atoms with Crippen LogP contribution in [0.25, 0.3) is 0 Å². The molecular formula is C20H31ClFN3O2. The zero-order chi connectivity index (χ0) is 19.2. The Morgan fingerprint density at radius 1 is 1.11 bits per heavy atom. The Labute approximate surface area is 167 Å². The topological polar surface area (TPSA) is 66.6 Å². The van der Waals surface area contributed by atoms with Gasteiger partial charge in [0.2, 0.25) is 11.8 Å². The number of hydrogen-bond acceptors (Lipinski definition) is 3. The number of carbonyl (C=O) groups excluding carboxylic acids is 2. The molecule has 2 rings (SSSR count). The number of halogens is 2. The van der Waals surface area contributed by atoms with E-state index in [0.29, 0.717) is 38.3 Å². The smallest absolute Gasteiger partial charge is 0.230 e. The van der Waals surface area contributed by atoms with Gasteiger partial charge in [0.15, 0.2) is 0 Å². The molecule has 0 aromatic heterocycles. The number of nitrogens with zero attached hydrogens (tertiary/aromatic N) is 2. The number of hydrogen-bond donors (Lipinski definition) is 1. The Morgan fingerprint density at radius 2 is 1.74 bits per heavy atom. The van der Waals surface area contributed by atoms with E-state index in [1.54, 1.807) is 17.0 Å². The third kappa shape index (κ3) is 5.66. The van der Waals surface area contributed by atoms with Crippen molar-refractivity contribution in [3.05, 3.63) is 35.6 Å². The van der Waals surface area contributed by atoms with E-state index in [2.05, 4.69) is 0 Å². The number of benzene rings is 1. The fourth-order valence-electron chi connectivity index (χ4n) is 3.57. The van der Waals surface area contributed by atoms with Crippen LogP contribution in [0.15, 0.2) is 24.3 Å². The van der Waals surface area contributed by atoms with E-state index in [1.165, 1.54) is 12.1 Å². The molecule has 7 heteroatoms. The SMILES string of the molecule is CCC(CC)(CN)C(=O)N1CCCN(C(=O)Cc2cccc(F)c2)CC1.Cl. The first-order valence-corrected chi connectivity index (χ1v) is 9.47. The van der Waals surface area contributed by atoms with Crippen LogP contribution < -0.4 is 5.73 Å². The van der Waals surface area contributed by atoms with Gasteiger partial charge in [0.1, 0.15) is 5.82 Å². The highest BCUT2D eigenvalue weighted by atomic mass is 35.5. The second kappa shape index (κ2) is 10.6. The van der Waals surface area contributed by atoms with Gasteiger partial charge < -0.3 is 15.5 Å². The van der Waals surface area contributed by atoms with Crippen molar-refractivity contribution in [3.63, 3.8) is 0 Å². The van der Waals surface area contributed by atoms with Crippen LogP contribution in [0.1, 0.15) is 38.7 Å². The van der Waals surface area contributed by atoms with Gasteiger partial charge >= 0.3 is 0 Å². The van der Waals surface area contributed by atoms with Gasteiger partial charge in [0.25, 0.3) is 0 Å². The minimum Gasteiger partial charge on any atom is -0.341 e. The van der Waals surface area contributed by atoms with Crippen molar-refractivity contribution in [3.8, 4) is 0 Å². The van der Waals surface area contributed by atoms with E-state index in [-0.39, 0.29) is 36.5 Å². The highest BCUT2D eigenvalue weighted by molar-refractivity contribution is 5.85. The molecule has 27 heavy (non-hydrogen) atoms. The molecule has 1 aliphatic rings. The summed E-state index contributed by atoms with van der Waals surface area (Å²) >= 11 is 0. The molecule has 0 aliphatic carbocycles. The molecule has 1 aromatic rings. The maximum atomic E-state index is 13.3. The van der Waals surface area contributed by atoms with Crippen LogP contribution >= 0.6 is 12.4 Å². The molecule has 1 aromatic carbocycles. The summed E-state index contributed by atoms with van der Waals surface area (Å²) in [5.41, 5.74) is 6.08. The van der Waals surface area contributed by atoms with Gasteiger partial charge in [-0.1, -0.05) is 26.0 Å². The zero-order valence-corrected chi connectivity index (χ0v) is 17.1. The molecule has 5 nitrogen and oxygen atoms in total. The van der Waals surface area contributed by atoms with Crippen LogP contribution in [0.5, 0.6) is 0 Å². The van der Waals surface area contributed by atoms with Gasteiger partial charge in [-0.3, -0.25) is 9.59 Å². The van der Waals surface area contributed by atoms with Gasteiger partial charge in [0.05, 0.1) is 11.8 Å². The summed E-state index contributed by atoms with van der Waals surface area (Å²) in [5.74, 6) is -0.259. The first-order valence-electron chi connectivity index (χ1n) is 9.47. The van der Waals surface area contributed by atoms with Gasteiger partial charge in [-0.2, -0.15) is 0 Å². The molecule has 0 saturated carbocycles. The lowest BCUT2D eigenvalue weighted by Crippen LogP contribution is -2.48. The Bertz CT molecular complexity index is 629. The summed E-state index contributed by atoms with van der Waals surface area (Å²) in [7, 11) is 0. The lowest BCUT2D eigenvalue weighted by Gasteiger charge is -2.34. The van der Waals surface area contributed by atoms with Gasteiger partial charge in [-0.15, -0.1) is 12.4 Å². The summed E-state index contributed by atoms with van der Waals surface area (Å²) in [5, 5.41) is 0. The molecule has 0 unspecified atom stereocenters. The van der Waals surface area contributed by atoms with Gasteiger partial charge in [-0.05, 0) is 37.0 Å². The van der Waals surface area contributed by atoms with Crippen molar-refractivity contribution in [2.45, 2.75) is 39.5 Å². The maximum absolute atomic E-state index is 13.3. The van der Waals surface area contributed by atoms with E-state index < -0.39 is 5.41 Å². The molecule has 1 saturated heterocycles. The van der Waals surface area contributed by atoms with Crippen LogP contribution in [0.3, 0.4) is 0 Å². The van der Waals surface area contributed by atoms with Crippen LogP contribution in [0, 0.1) is 11.2 Å². The summed E-state index contributed by atoms with van der Waals surface area (Å²) in [6, 6.07) is 6.13. The molecule has 0 radical (unpaired) electrons. The third-order valence-electron chi connectivity index (χ3n) is 5.58. The highest BCUT2D eigenvalue weighted by Gasteiger charge is 2.37. The van der Waals surface area contributed by atoms with Gasteiger partial charge in [0, 0.05) is 32.7 Å². The quantitative estimate of drug-likeness (QED) is 0.799. The molecular weight excluding hydrogens is 369 g/mol. The predicted octanol–water partition coefficient (Wildman–Crippen LogP) is 2.62. The Kier molecular flexibility index (Phi) is 9.19. The fraction of sp³-hybridized carbons (Fsp3) is 0.600. The zero-order valence-electron chi connectivity index (χ0n) is 16.2. The molecule has 152 valence electrons.